The first kappa shape index (κ1) is 17.6. The summed E-state index contributed by atoms with van der Waals surface area (Å²) in [7, 11) is 0. The molecule has 0 aliphatic rings. The van der Waals surface area contributed by atoms with Crippen LogP contribution in [0, 0.1) is 11.6 Å². The van der Waals surface area contributed by atoms with Gasteiger partial charge in [-0.25, -0.2) is 23.7 Å². The highest BCUT2D eigenvalue weighted by Gasteiger charge is 2.13. The summed E-state index contributed by atoms with van der Waals surface area (Å²) in [6, 6.07) is 9.92. The van der Waals surface area contributed by atoms with Crippen LogP contribution in [0.2, 0.25) is 5.02 Å². The van der Waals surface area contributed by atoms with E-state index in [2.05, 4.69) is 15.0 Å². The van der Waals surface area contributed by atoms with Gasteiger partial charge in [-0.05, 0) is 18.2 Å². The van der Waals surface area contributed by atoms with Gasteiger partial charge in [-0.2, -0.15) is 0 Å². The largest absolute Gasteiger partial charge is 0.396 e. The standard InChI is InChI=1S/C17H13ClF2N6/c18-11-4-2-1-3-9(11)17-24-13(21)7-14(26-17)25-16(23)10-5-8(19)6-12(20)15(10)22/h1-7H,22H2,(H4,21,23,24,25,26). The molecule has 0 saturated heterocycles. The second-order valence-electron chi connectivity index (χ2n) is 5.30. The number of benzene rings is 2. The van der Waals surface area contributed by atoms with Crippen molar-refractivity contribution in [2.24, 2.45) is 10.7 Å². The van der Waals surface area contributed by atoms with Crippen molar-refractivity contribution in [2.75, 3.05) is 11.5 Å². The molecule has 0 spiro atoms. The summed E-state index contributed by atoms with van der Waals surface area (Å²) in [5.74, 6) is -1.53. The van der Waals surface area contributed by atoms with Crippen LogP contribution in [0.5, 0.6) is 0 Å². The molecule has 6 nitrogen and oxygen atoms in total. The number of aliphatic imine (C=N–C) groups is 1. The molecule has 0 aliphatic heterocycles. The van der Waals surface area contributed by atoms with Gasteiger partial charge in [0.2, 0.25) is 0 Å². The molecule has 26 heavy (non-hydrogen) atoms. The van der Waals surface area contributed by atoms with E-state index in [9.17, 15) is 8.78 Å². The molecule has 0 fully saturated rings. The topological polar surface area (TPSA) is 116 Å². The van der Waals surface area contributed by atoms with Crippen LogP contribution in [0.1, 0.15) is 5.56 Å². The summed E-state index contributed by atoms with van der Waals surface area (Å²) >= 11 is 6.14. The van der Waals surface area contributed by atoms with Gasteiger partial charge in [0.1, 0.15) is 23.3 Å². The van der Waals surface area contributed by atoms with Crippen LogP contribution in [0.4, 0.5) is 26.1 Å². The van der Waals surface area contributed by atoms with Crippen molar-refractivity contribution in [1.82, 2.24) is 9.97 Å². The van der Waals surface area contributed by atoms with E-state index in [0.29, 0.717) is 16.7 Å². The van der Waals surface area contributed by atoms with E-state index in [0.717, 1.165) is 6.07 Å². The summed E-state index contributed by atoms with van der Waals surface area (Å²) < 4.78 is 27.0. The molecule has 2 aromatic carbocycles. The molecular weight excluding hydrogens is 362 g/mol. The van der Waals surface area contributed by atoms with Gasteiger partial charge < -0.3 is 17.2 Å². The van der Waals surface area contributed by atoms with Crippen molar-refractivity contribution in [3.05, 3.63) is 64.7 Å². The number of hydrogen-bond acceptors (Lipinski definition) is 5. The zero-order valence-electron chi connectivity index (χ0n) is 13.2. The number of hydrogen-bond donors (Lipinski definition) is 3. The zero-order valence-corrected chi connectivity index (χ0v) is 14.0. The van der Waals surface area contributed by atoms with Gasteiger partial charge in [-0.3, -0.25) is 0 Å². The molecule has 0 bridgehead atoms. The Morgan fingerprint density at radius 1 is 1.04 bits per heavy atom. The first-order valence-corrected chi connectivity index (χ1v) is 7.71. The number of halogens is 3. The van der Waals surface area contributed by atoms with E-state index in [1.807, 2.05) is 0 Å². The van der Waals surface area contributed by atoms with Gasteiger partial charge in [0.05, 0.1) is 10.7 Å². The molecule has 0 aliphatic carbocycles. The SMILES string of the molecule is NC(=Nc1cc(N)nc(-c2ccccc2Cl)n1)c1cc(F)cc(F)c1N. The molecule has 1 heterocycles. The van der Waals surface area contributed by atoms with Crippen molar-refractivity contribution in [3.8, 4) is 11.4 Å². The Morgan fingerprint density at radius 3 is 2.50 bits per heavy atom. The molecule has 3 aromatic rings. The van der Waals surface area contributed by atoms with Crippen LogP contribution in [-0.4, -0.2) is 15.8 Å². The first-order chi connectivity index (χ1) is 12.3. The van der Waals surface area contributed by atoms with Crippen LogP contribution >= 0.6 is 11.6 Å². The fourth-order valence-corrected chi connectivity index (χ4v) is 2.47. The molecule has 9 heteroatoms. The molecule has 0 amide bonds. The normalized spacial score (nSPS) is 11.6. The predicted octanol–water partition coefficient (Wildman–Crippen LogP) is 3.28. The smallest absolute Gasteiger partial charge is 0.165 e. The highest BCUT2D eigenvalue weighted by Crippen LogP contribution is 2.27. The lowest BCUT2D eigenvalue weighted by Gasteiger charge is -2.08. The molecule has 0 radical (unpaired) electrons. The van der Waals surface area contributed by atoms with Crippen LogP contribution in [0.25, 0.3) is 11.4 Å². The zero-order chi connectivity index (χ0) is 18.8. The third kappa shape index (κ3) is 3.55. The Hall–Kier alpha value is -3.26. The van der Waals surface area contributed by atoms with E-state index in [4.69, 9.17) is 28.8 Å². The maximum atomic E-state index is 13.6. The van der Waals surface area contributed by atoms with Crippen molar-refractivity contribution in [1.29, 1.82) is 0 Å². The summed E-state index contributed by atoms with van der Waals surface area (Å²) in [6.45, 7) is 0. The van der Waals surface area contributed by atoms with Gasteiger partial charge in [0.25, 0.3) is 0 Å². The molecule has 0 saturated carbocycles. The van der Waals surface area contributed by atoms with Crippen molar-refractivity contribution < 1.29 is 8.78 Å². The molecule has 6 N–H and O–H groups in total. The fourth-order valence-electron chi connectivity index (χ4n) is 2.25. The number of aromatic nitrogens is 2. The van der Waals surface area contributed by atoms with Gasteiger partial charge >= 0.3 is 0 Å². The molecule has 0 unspecified atom stereocenters. The Bertz CT molecular complexity index is 1020. The maximum absolute atomic E-state index is 13.6. The number of nitrogen functional groups attached to an aromatic ring is 2. The van der Waals surface area contributed by atoms with Crippen LogP contribution in [0.15, 0.2) is 47.5 Å². The minimum atomic E-state index is -0.933. The van der Waals surface area contributed by atoms with Crippen molar-refractivity contribution in [3.63, 3.8) is 0 Å². The van der Waals surface area contributed by atoms with Gasteiger partial charge in [0, 0.05) is 23.3 Å². The van der Waals surface area contributed by atoms with E-state index >= 15 is 0 Å². The molecule has 1 aromatic heterocycles. The number of amidine groups is 1. The summed E-state index contributed by atoms with van der Waals surface area (Å²) in [5.41, 5.74) is 17.4. The summed E-state index contributed by atoms with van der Waals surface area (Å²) in [4.78, 5) is 12.4. The van der Waals surface area contributed by atoms with Gasteiger partial charge in [-0.1, -0.05) is 23.7 Å². The van der Waals surface area contributed by atoms with Crippen LogP contribution in [-0.2, 0) is 0 Å². The number of rotatable bonds is 3. The Balaban J connectivity index is 2.08. The Kier molecular flexibility index (Phi) is 4.68. The summed E-state index contributed by atoms with van der Waals surface area (Å²) in [5, 5.41) is 0.428. The van der Waals surface area contributed by atoms with Crippen LogP contribution < -0.4 is 17.2 Å². The minimum Gasteiger partial charge on any atom is -0.396 e. The molecule has 0 atom stereocenters. The van der Waals surface area contributed by atoms with E-state index in [1.54, 1.807) is 24.3 Å². The second-order valence-corrected chi connectivity index (χ2v) is 5.71. The minimum absolute atomic E-state index is 0.0843. The maximum Gasteiger partial charge on any atom is 0.165 e. The lowest BCUT2D eigenvalue weighted by molar-refractivity contribution is 0.586. The number of nitrogens with two attached hydrogens (primary N) is 3. The fraction of sp³-hybridized carbons (Fsp3) is 0. The Morgan fingerprint density at radius 2 is 1.77 bits per heavy atom. The van der Waals surface area contributed by atoms with Crippen molar-refractivity contribution in [2.45, 2.75) is 0 Å². The molecule has 132 valence electrons. The lowest BCUT2D eigenvalue weighted by Crippen LogP contribution is -2.16. The van der Waals surface area contributed by atoms with E-state index in [1.165, 1.54) is 6.07 Å². The second kappa shape index (κ2) is 6.93. The average molecular weight is 375 g/mol. The van der Waals surface area contributed by atoms with E-state index < -0.39 is 11.6 Å². The molecular formula is C17H13ClF2N6. The Labute approximate surface area is 152 Å². The monoisotopic (exact) mass is 374 g/mol. The predicted molar refractivity (Wildman–Crippen MR) is 98.0 cm³/mol. The number of anilines is 2. The highest BCUT2D eigenvalue weighted by atomic mass is 35.5. The van der Waals surface area contributed by atoms with Crippen molar-refractivity contribution >= 4 is 34.8 Å². The number of nitrogens with zero attached hydrogens (tertiary/aromatic N) is 3. The third-order valence-corrected chi connectivity index (χ3v) is 3.78. The summed E-state index contributed by atoms with van der Waals surface area (Å²) in [6.07, 6.45) is 0. The van der Waals surface area contributed by atoms with Gasteiger partial charge in [0.15, 0.2) is 11.6 Å². The third-order valence-electron chi connectivity index (χ3n) is 3.45. The highest BCUT2D eigenvalue weighted by molar-refractivity contribution is 6.33. The molecule has 3 rings (SSSR count). The quantitative estimate of drug-likeness (QED) is 0.369. The van der Waals surface area contributed by atoms with Crippen LogP contribution in [0.3, 0.4) is 0 Å². The lowest BCUT2D eigenvalue weighted by atomic mass is 10.1. The van der Waals surface area contributed by atoms with Gasteiger partial charge in [-0.15, -0.1) is 0 Å². The average Bonchev–Trinajstić information content (AvgIpc) is 2.57. The first-order valence-electron chi connectivity index (χ1n) is 7.33. The van der Waals surface area contributed by atoms with E-state index in [-0.39, 0.29) is 34.5 Å².